The summed E-state index contributed by atoms with van der Waals surface area (Å²) in [6.45, 7) is 0. The molecular weight excluding hydrogens is 769 g/mol. The molecule has 0 N–H and O–H groups in total. The van der Waals surface area contributed by atoms with Gasteiger partial charge < -0.3 is 0 Å². The molecule has 0 spiro atoms. The van der Waals surface area contributed by atoms with Gasteiger partial charge in [-0.15, -0.1) is 0 Å². The number of hydrogen-bond donors (Lipinski definition) is 0. The second-order valence-electron chi connectivity index (χ2n) is 16.8. The lowest BCUT2D eigenvalue weighted by molar-refractivity contribution is 1.58. The Morgan fingerprint density at radius 2 is 0.516 bits per heavy atom. The van der Waals surface area contributed by atoms with Crippen LogP contribution in [0.4, 0.5) is 0 Å². The molecule has 0 radical (unpaired) electrons. The lowest BCUT2D eigenvalue weighted by atomic mass is 9.85. The summed E-state index contributed by atoms with van der Waals surface area (Å²) in [6, 6.07) is 93.5. The van der Waals surface area contributed by atoms with E-state index in [1.54, 1.807) is 0 Å². The summed E-state index contributed by atoms with van der Waals surface area (Å²) >= 11 is 0. The fourth-order valence-corrected chi connectivity index (χ4v) is 9.95. The largest absolute Gasteiger partial charge is 0.0622 e. The third-order valence-corrected chi connectivity index (χ3v) is 13.1. The van der Waals surface area contributed by atoms with Gasteiger partial charge in [-0.3, -0.25) is 0 Å². The zero-order chi connectivity index (χ0) is 42.4. The highest BCUT2D eigenvalue weighted by Crippen LogP contribution is 2.45. The first-order valence-electron chi connectivity index (χ1n) is 22.2. The van der Waals surface area contributed by atoms with Crippen molar-refractivity contribution >= 4 is 43.1 Å². The van der Waals surface area contributed by atoms with Crippen molar-refractivity contribution in [2.24, 2.45) is 0 Å². The number of fused-ring (bicyclic) bond motifs is 4. The number of hydrogen-bond acceptors (Lipinski definition) is 0. The Labute approximate surface area is 374 Å². The van der Waals surface area contributed by atoms with E-state index >= 15 is 0 Å². The van der Waals surface area contributed by atoms with Crippen molar-refractivity contribution in [2.45, 2.75) is 0 Å². The van der Waals surface area contributed by atoms with E-state index in [0.717, 1.165) is 0 Å². The molecule has 0 aliphatic carbocycles. The SMILES string of the molecule is c1ccc(-c2c(-c3cccc(-c4ccc(-c5c6ccccc6c(-c6ccc(-c7cccc(-c8ccc9ccccc9c8)c7)cc6)c6ccccc56)cc4)c3)ccc3ccccc23)cc1. The van der Waals surface area contributed by atoms with Gasteiger partial charge in [-0.25, -0.2) is 0 Å². The van der Waals surface area contributed by atoms with Crippen molar-refractivity contribution in [1.82, 2.24) is 0 Å². The monoisotopic (exact) mass is 810 g/mol. The van der Waals surface area contributed by atoms with Gasteiger partial charge in [0.15, 0.2) is 0 Å². The molecule has 0 bridgehead atoms. The van der Waals surface area contributed by atoms with Crippen molar-refractivity contribution in [3.05, 3.63) is 255 Å². The van der Waals surface area contributed by atoms with Crippen molar-refractivity contribution in [1.29, 1.82) is 0 Å². The molecule has 0 amide bonds. The van der Waals surface area contributed by atoms with E-state index < -0.39 is 0 Å². The van der Waals surface area contributed by atoms with Crippen molar-refractivity contribution in [3.8, 4) is 77.9 Å². The highest BCUT2D eigenvalue weighted by Gasteiger charge is 2.18. The summed E-state index contributed by atoms with van der Waals surface area (Å²) < 4.78 is 0. The Morgan fingerprint density at radius 1 is 0.156 bits per heavy atom. The van der Waals surface area contributed by atoms with E-state index in [2.05, 4.69) is 255 Å². The second kappa shape index (κ2) is 15.9. The minimum Gasteiger partial charge on any atom is -0.0622 e. The van der Waals surface area contributed by atoms with Crippen LogP contribution in [0.15, 0.2) is 255 Å². The van der Waals surface area contributed by atoms with E-state index in [-0.39, 0.29) is 0 Å². The maximum absolute atomic E-state index is 2.35. The third kappa shape index (κ3) is 6.65. The van der Waals surface area contributed by atoms with Gasteiger partial charge in [0.25, 0.3) is 0 Å². The Hall–Kier alpha value is -8.32. The summed E-state index contributed by atoms with van der Waals surface area (Å²) in [5, 5.41) is 10.0. The summed E-state index contributed by atoms with van der Waals surface area (Å²) in [6.07, 6.45) is 0. The molecule has 298 valence electrons. The zero-order valence-corrected chi connectivity index (χ0v) is 35.2. The first-order chi connectivity index (χ1) is 31.7. The molecule has 0 aliphatic rings. The summed E-state index contributed by atoms with van der Waals surface area (Å²) in [4.78, 5) is 0. The predicted octanol–water partition coefficient (Wildman–Crippen LogP) is 18.0. The van der Waals surface area contributed by atoms with Gasteiger partial charge in [-0.2, -0.15) is 0 Å². The van der Waals surface area contributed by atoms with Gasteiger partial charge in [0.05, 0.1) is 0 Å². The Kier molecular flexibility index (Phi) is 9.28. The predicted molar refractivity (Wildman–Crippen MR) is 275 cm³/mol. The molecule has 0 aromatic heterocycles. The highest BCUT2D eigenvalue weighted by molar-refractivity contribution is 6.21. The maximum Gasteiger partial charge on any atom is -0.00264 e. The van der Waals surface area contributed by atoms with Crippen molar-refractivity contribution in [3.63, 3.8) is 0 Å². The average molecular weight is 811 g/mol. The fourth-order valence-electron chi connectivity index (χ4n) is 9.95. The van der Waals surface area contributed by atoms with Crippen LogP contribution in [-0.2, 0) is 0 Å². The quantitative estimate of drug-likeness (QED) is 0.141. The highest BCUT2D eigenvalue weighted by atomic mass is 14.2. The lowest BCUT2D eigenvalue weighted by Crippen LogP contribution is -1.91. The van der Waals surface area contributed by atoms with Crippen LogP contribution < -0.4 is 0 Å². The summed E-state index contributed by atoms with van der Waals surface area (Å²) in [7, 11) is 0. The molecule has 0 saturated heterocycles. The minimum absolute atomic E-state index is 1.20. The Bertz CT molecular complexity index is 3630. The molecule has 0 aliphatic heterocycles. The fraction of sp³-hybridized carbons (Fsp3) is 0. The third-order valence-electron chi connectivity index (χ3n) is 13.1. The van der Waals surface area contributed by atoms with Crippen molar-refractivity contribution in [2.75, 3.05) is 0 Å². The molecule has 0 heteroatoms. The topological polar surface area (TPSA) is 0 Å². The van der Waals surface area contributed by atoms with Gasteiger partial charge in [0.1, 0.15) is 0 Å². The molecule has 0 heterocycles. The number of rotatable bonds is 7. The van der Waals surface area contributed by atoms with Gasteiger partial charge >= 0.3 is 0 Å². The summed E-state index contributed by atoms with van der Waals surface area (Å²) in [5.74, 6) is 0. The molecule has 0 nitrogen and oxygen atoms in total. The standard InChI is InChI=1S/C64H42/c1-2-16-47(17-3-1)62-56-23-7-6-15-46(56)38-39-57(62)55-22-13-20-52(42-55)45-30-35-49(36-31-45)64-60-26-10-8-24-58(60)63(59-25-9-11-27-61(59)64)48-33-28-44(29-34-48)51-19-12-21-53(40-51)54-37-32-43-14-4-5-18-50(43)41-54/h1-42H. The smallest absolute Gasteiger partial charge is 0.00264 e. The van der Waals surface area contributed by atoms with Crippen LogP contribution >= 0.6 is 0 Å². The molecular formula is C64H42. The van der Waals surface area contributed by atoms with Crippen LogP contribution in [-0.4, -0.2) is 0 Å². The van der Waals surface area contributed by atoms with Crippen LogP contribution in [0, 0.1) is 0 Å². The van der Waals surface area contributed by atoms with Crippen LogP contribution in [0.5, 0.6) is 0 Å². The average Bonchev–Trinajstić information content (AvgIpc) is 3.38. The molecule has 12 aromatic carbocycles. The second-order valence-corrected chi connectivity index (χ2v) is 16.8. The minimum atomic E-state index is 1.20. The van der Waals surface area contributed by atoms with E-state index in [9.17, 15) is 0 Å². The van der Waals surface area contributed by atoms with E-state index in [1.807, 2.05) is 0 Å². The lowest BCUT2D eigenvalue weighted by Gasteiger charge is -2.18. The van der Waals surface area contributed by atoms with Gasteiger partial charge in [0, 0.05) is 0 Å². The van der Waals surface area contributed by atoms with Crippen molar-refractivity contribution < 1.29 is 0 Å². The van der Waals surface area contributed by atoms with Crippen LogP contribution in [0.1, 0.15) is 0 Å². The molecule has 0 atom stereocenters. The van der Waals surface area contributed by atoms with Gasteiger partial charge in [-0.05, 0) is 139 Å². The first kappa shape index (κ1) is 37.4. The Balaban J connectivity index is 0.902. The Morgan fingerprint density at radius 3 is 1.09 bits per heavy atom. The van der Waals surface area contributed by atoms with E-state index in [0.29, 0.717) is 0 Å². The zero-order valence-electron chi connectivity index (χ0n) is 35.2. The molecule has 0 fully saturated rings. The van der Waals surface area contributed by atoms with Crippen LogP contribution in [0.3, 0.4) is 0 Å². The van der Waals surface area contributed by atoms with Crippen LogP contribution in [0.2, 0.25) is 0 Å². The van der Waals surface area contributed by atoms with Gasteiger partial charge in [-0.1, -0.05) is 237 Å². The number of benzene rings is 12. The summed E-state index contributed by atoms with van der Waals surface area (Å²) in [5.41, 5.74) is 17.2. The molecule has 0 unspecified atom stereocenters. The molecule has 12 rings (SSSR count). The molecule has 64 heavy (non-hydrogen) atoms. The maximum atomic E-state index is 2.35. The molecule has 0 saturated carbocycles. The van der Waals surface area contributed by atoms with Gasteiger partial charge in [0.2, 0.25) is 0 Å². The molecule has 12 aromatic rings. The van der Waals surface area contributed by atoms with Crippen LogP contribution in [0.25, 0.3) is 121 Å². The van der Waals surface area contributed by atoms with E-state index in [1.165, 1.54) is 121 Å². The van der Waals surface area contributed by atoms with E-state index in [4.69, 9.17) is 0 Å². The first-order valence-corrected chi connectivity index (χ1v) is 22.2. The normalized spacial score (nSPS) is 11.4.